The number of aromatic amines is 1. The second-order valence-electron chi connectivity index (χ2n) is 7.37. The number of halogens is 4. The summed E-state index contributed by atoms with van der Waals surface area (Å²) in [5, 5.41) is 0.619. The first-order valence-electron chi connectivity index (χ1n) is 9.33. The molecule has 2 nitrogen and oxygen atoms in total. The summed E-state index contributed by atoms with van der Waals surface area (Å²) in [5.74, 6) is 0. The van der Waals surface area contributed by atoms with Gasteiger partial charge in [-0.05, 0) is 75.4 Å². The number of hydrogen-bond donors (Lipinski definition) is 2. The predicted octanol–water partition coefficient (Wildman–Crippen LogP) is 6.71. The molecular formula is C22H24ClF3N2. The number of aromatic nitrogens is 1. The third-order valence-electron chi connectivity index (χ3n) is 5.09. The van der Waals surface area contributed by atoms with Gasteiger partial charge in [0.2, 0.25) is 0 Å². The Bertz CT molecular complexity index is 996. The summed E-state index contributed by atoms with van der Waals surface area (Å²) in [4.78, 5) is 3.10. The van der Waals surface area contributed by atoms with E-state index in [0.717, 1.165) is 52.4 Å². The summed E-state index contributed by atoms with van der Waals surface area (Å²) in [6.45, 7) is 6.54. The summed E-state index contributed by atoms with van der Waals surface area (Å²) < 4.78 is 41.0. The normalized spacial score (nSPS) is 12.1. The number of aryl methyl sites for hydroxylation is 4. The van der Waals surface area contributed by atoms with Gasteiger partial charge in [-0.15, -0.1) is 0 Å². The van der Waals surface area contributed by atoms with Gasteiger partial charge in [-0.3, -0.25) is 0 Å². The van der Waals surface area contributed by atoms with E-state index in [2.05, 4.69) is 17.1 Å². The lowest BCUT2D eigenvalue weighted by Gasteiger charge is -2.13. The Morgan fingerprint density at radius 3 is 2.21 bits per heavy atom. The number of nitrogens with one attached hydrogen (secondary N) is 1. The predicted molar refractivity (Wildman–Crippen MR) is 110 cm³/mol. The van der Waals surface area contributed by atoms with Crippen molar-refractivity contribution in [3.8, 4) is 11.3 Å². The van der Waals surface area contributed by atoms with Crippen molar-refractivity contribution in [1.82, 2.24) is 4.98 Å². The molecule has 0 aliphatic carbocycles. The van der Waals surface area contributed by atoms with Gasteiger partial charge < -0.3 is 10.7 Å². The van der Waals surface area contributed by atoms with Crippen LogP contribution in [0.1, 0.15) is 40.7 Å². The average Bonchev–Trinajstić information content (AvgIpc) is 2.91. The lowest BCUT2D eigenvalue weighted by atomic mass is 9.93. The molecule has 0 saturated heterocycles. The van der Waals surface area contributed by atoms with E-state index in [0.29, 0.717) is 18.4 Å². The second kappa shape index (κ2) is 7.80. The quantitative estimate of drug-likeness (QED) is 0.452. The zero-order chi connectivity index (χ0) is 20.6. The fourth-order valence-electron chi connectivity index (χ4n) is 4.03. The third-order valence-corrected chi connectivity index (χ3v) is 5.31. The number of rotatable bonds is 5. The zero-order valence-corrected chi connectivity index (χ0v) is 17.0. The molecule has 0 atom stereocenters. The molecule has 0 aliphatic heterocycles. The van der Waals surface area contributed by atoms with Crippen LogP contribution >= 0.6 is 11.6 Å². The lowest BCUT2D eigenvalue weighted by molar-refractivity contribution is -0.136. The van der Waals surface area contributed by atoms with Crippen LogP contribution in [0.15, 0.2) is 24.3 Å². The monoisotopic (exact) mass is 408 g/mol. The van der Waals surface area contributed by atoms with Gasteiger partial charge >= 0.3 is 6.18 Å². The van der Waals surface area contributed by atoms with Crippen LogP contribution in [0.3, 0.4) is 0 Å². The average molecular weight is 409 g/mol. The van der Waals surface area contributed by atoms with E-state index in [-0.39, 0.29) is 10.5 Å². The van der Waals surface area contributed by atoms with Gasteiger partial charge in [0.25, 0.3) is 0 Å². The van der Waals surface area contributed by atoms with Gasteiger partial charge in [0, 0.05) is 16.0 Å². The smallest absolute Gasteiger partial charge is 0.354 e. The number of alkyl halides is 3. The topological polar surface area (TPSA) is 41.8 Å². The van der Waals surface area contributed by atoms with Crippen molar-refractivity contribution < 1.29 is 13.2 Å². The molecule has 150 valence electrons. The van der Waals surface area contributed by atoms with Crippen molar-refractivity contribution in [2.45, 2.75) is 46.2 Å². The highest BCUT2D eigenvalue weighted by Crippen LogP contribution is 2.42. The molecule has 0 amide bonds. The van der Waals surface area contributed by atoms with Crippen LogP contribution in [-0.4, -0.2) is 11.5 Å². The van der Waals surface area contributed by atoms with Crippen LogP contribution in [0.25, 0.3) is 22.2 Å². The molecule has 2 aromatic carbocycles. The minimum atomic E-state index is -4.49. The number of unbranched alkanes of at least 4 members (excludes halogenated alkanes) is 1. The van der Waals surface area contributed by atoms with Crippen molar-refractivity contribution in [3.05, 3.63) is 57.1 Å². The maximum absolute atomic E-state index is 13.7. The molecule has 0 saturated carbocycles. The van der Waals surface area contributed by atoms with E-state index in [1.807, 2.05) is 20.8 Å². The van der Waals surface area contributed by atoms with Gasteiger partial charge in [-0.1, -0.05) is 29.3 Å². The molecule has 0 radical (unpaired) electrons. The highest BCUT2D eigenvalue weighted by atomic mass is 35.5. The van der Waals surface area contributed by atoms with Gasteiger partial charge in [-0.25, -0.2) is 0 Å². The molecule has 3 N–H and O–H groups in total. The van der Waals surface area contributed by atoms with Crippen LogP contribution < -0.4 is 5.73 Å². The summed E-state index contributed by atoms with van der Waals surface area (Å²) >= 11 is 6.07. The standard InChI is InChI=1S/C22H24ClF3N2/c1-12-8-13(2)19(14(3)9-12)21-16(6-4-5-7-27)17-10-15(23)11-18(20(17)28-21)22(24,25)26/h8-11,28H,4-7,27H2,1-3H3. The molecule has 3 aromatic rings. The number of nitrogens with two attached hydrogens (primary N) is 1. The van der Waals surface area contributed by atoms with Crippen molar-refractivity contribution in [2.75, 3.05) is 6.54 Å². The van der Waals surface area contributed by atoms with E-state index < -0.39 is 11.7 Å². The lowest BCUT2D eigenvalue weighted by Crippen LogP contribution is -2.05. The van der Waals surface area contributed by atoms with Gasteiger partial charge in [-0.2, -0.15) is 13.2 Å². The molecule has 0 unspecified atom stereocenters. The first kappa shape index (κ1) is 20.7. The SMILES string of the molecule is Cc1cc(C)c(-c2[nH]c3c(C(F)(F)F)cc(Cl)cc3c2CCCCN)c(C)c1. The van der Waals surface area contributed by atoms with Crippen LogP contribution in [0.2, 0.25) is 5.02 Å². The molecule has 1 aromatic heterocycles. The van der Waals surface area contributed by atoms with Crippen molar-refractivity contribution in [1.29, 1.82) is 0 Å². The first-order valence-corrected chi connectivity index (χ1v) is 9.71. The van der Waals surface area contributed by atoms with E-state index in [9.17, 15) is 13.2 Å². The van der Waals surface area contributed by atoms with E-state index in [1.54, 1.807) is 6.07 Å². The molecule has 0 spiro atoms. The minimum absolute atomic E-state index is 0.0859. The van der Waals surface area contributed by atoms with Crippen LogP contribution in [0, 0.1) is 20.8 Å². The van der Waals surface area contributed by atoms with Crippen LogP contribution in [0.5, 0.6) is 0 Å². The van der Waals surface area contributed by atoms with Crippen molar-refractivity contribution in [2.24, 2.45) is 5.73 Å². The van der Waals surface area contributed by atoms with Crippen LogP contribution in [0.4, 0.5) is 13.2 Å². The Labute approximate surface area is 167 Å². The van der Waals surface area contributed by atoms with Crippen molar-refractivity contribution in [3.63, 3.8) is 0 Å². The highest BCUT2D eigenvalue weighted by molar-refractivity contribution is 6.31. The summed E-state index contributed by atoms with van der Waals surface area (Å²) in [5.41, 5.74) is 10.7. The van der Waals surface area contributed by atoms with E-state index >= 15 is 0 Å². The maximum atomic E-state index is 13.7. The molecule has 0 fully saturated rings. The van der Waals surface area contributed by atoms with Crippen LogP contribution in [-0.2, 0) is 12.6 Å². The molecule has 3 rings (SSSR count). The first-order chi connectivity index (χ1) is 13.1. The number of fused-ring (bicyclic) bond motifs is 1. The largest absolute Gasteiger partial charge is 0.418 e. The molecule has 0 bridgehead atoms. The molecule has 28 heavy (non-hydrogen) atoms. The third kappa shape index (κ3) is 3.91. The zero-order valence-electron chi connectivity index (χ0n) is 16.2. The second-order valence-corrected chi connectivity index (χ2v) is 7.81. The summed E-state index contributed by atoms with van der Waals surface area (Å²) in [7, 11) is 0. The Morgan fingerprint density at radius 2 is 1.64 bits per heavy atom. The Balaban J connectivity index is 2.34. The molecule has 0 aliphatic rings. The van der Waals surface area contributed by atoms with E-state index in [1.165, 1.54) is 0 Å². The number of benzene rings is 2. The van der Waals surface area contributed by atoms with Gasteiger partial charge in [0.05, 0.1) is 16.8 Å². The highest BCUT2D eigenvalue weighted by Gasteiger charge is 2.35. The van der Waals surface area contributed by atoms with Crippen molar-refractivity contribution >= 4 is 22.5 Å². The Kier molecular flexibility index (Phi) is 5.78. The molecule has 1 heterocycles. The fraction of sp³-hybridized carbons (Fsp3) is 0.364. The maximum Gasteiger partial charge on any atom is 0.418 e. The fourth-order valence-corrected chi connectivity index (χ4v) is 4.25. The number of hydrogen-bond acceptors (Lipinski definition) is 1. The number of H-pyrrole nitrogens is 1. The summed E-state index contributed by atoms with van der Waals surface area (Å²) in [6, 6.07) is 6.72. The molecule has 6 heteroatoms. The van der Waals surface area contributed by atoms with Gasteiger partial charge in [0.1, 0.15) is 0 Å². The Hall–Kier alpha value is -1.98. The Morgan fingerprint density at radius 1 is 1.00 bits per heavy atom. The molecular weight excluding hydrogens is 385 g/mol. The van der Waals surface area contributed by atoms with E-state index in [4.69, 9.17) is 17.3 Å². The summed E-state index contributed by atoms with van der Waals surface area (Å²) in [6.07, 6.45) is -2.24. The minimum Gasteiger partial charge on any atom is -0.354 e. The van der Waals surface area contributed by atoms with Gasteiger partial charge in [0.15, 0.2) is 0 Å².